The molecule has 2 aliphatic rings. The van der Waals surface area contributed by atoms with Gasteiger partial charge in [-0.15, -0.1) is 0 Å². The Kier molecular flexibility index (Phi) is 5.85. The van der Waals surface area contributed by atoms with Crippen molar-refractivity contribution in [1.82, 2.24) is 25.2 Å². The molecule has 1 aliphatic heterocycles. The van der Waals surface area contributed by atoms with E-state index in [9.17, 15) is 9.59 Å². The zero-order valence-corrected chi connectivity index (χ0v) is 19.2. The molecular formula is C25H30N6O2. The van der Waals surface area contributed by atoms with Crippen molar-refractivity contribution in [2.75, 3.05) is 25.0 Å². The lowest BCUT2D eigenvalue weighted by Gasteiger charge is -2.46. The highest BCUT2D eigenvalue weighted by Gasteiger charge is 2.39. The molecule has 0 radical (unpaired) electrons. The molecule has 1 saturated heterocycles. The summed E-state index contributed by atoms with van der Waals surface area (Å²) in [7, 11) is 1.62. The maximum Gasteiger partial charge on any atom is 0.269 e. The van der Waals surface area contributed by atoms with Crippen LogP contribution in [0.2, 0.25) is 0 Å². The van der Waals surface area contributed by atoms with Gasteiger partial charge in [0.05, 0.1) is 22.9 Å². The van der Waals surface area contributed by atoms with Crippen molar-refractivity contribution in [2.24, 2.45) is 0 Å². The Morgan fingerprint density at radius 2 is 2.00 bits per heavy atom. The lowest BCUT2D eigenvalue weighted by atomic mass is 10.0. The summed E-state index contributed by atoms with van der Waals surface area (Å²) < 4.78 is 0. The van der Waals surface area contributed by atoms with E-state index in [0.717, 1.165) is 53.9 Å². The molecule has 5 rings (SSSR count). The predicted octanol–water partition coefficient (Wildman–Crippen LogP) is 2.48. The third-order valence-electron chi connectivity index (χ3n) is 7.07. The summed E-state index contributed by atoms with van der Waals surface area (Å²) in [5.41, 5.74) is 5.03. The second-order valence-corrected chi connectivity index (χ2v) is 8.96. The Balaban J connectivity index is 1.33. The summed E-state index contributed by atoms with van der Waals surface area (Å²) in [4.78, 5) is 41.1. The van der Waals surface area contributed by atoms with Crippen LogP contribution in [-0.2, 0) is 13.0 Å². The summed E-state index contributed by atoms with van der Waals surface area (Å²) in [6, 6.07) is 8.68. The number of pyridine rings is 3. The lowest BCUT2D eigenvalue weighted by Crippen LogP contribution is -2.57. The number of piperazine rings is 1. The van der Waals surface area contributed by atoms with Gasteiger partial charge in [0.2, 0.25) is 0 Å². The normalized spacial score (nSPS) is 20.7. The van der Waals surface area contributed by atoms with Crippen LogP contribution in [0.3, 0.4) is 0 Å². The van der Waals surface area contributed by atoms with Gasteiger partial charge in [-0.25, -0.2) is 4.98 Å². The molecule has 2 atom stereocenters. The van der Waals surface area contributed by atoms with E-state index in [1.807, 2.05) is 31.5 Å². The van der Waals surface area contributed by atoms with Gasteiger partial charge >= 0.3 is 0 Å². The Labute approximate surface area is 193 Å². The number of aromatic nitrogens is 3. The number of nitrogens with zero attached hydrogens (tertiary/aromatic N) is 4. The highest BCUT2D eigenvalue weighted by Crippen LogP contribution is 2.35. The van der Waals surface area contributed by atoms with Crippen molar-refractivity contribution in [3.8, 4) is 0 Å². The molecular weight excluding hydrogens is 416 g/mol. The largest absolute Gasteiger partial charge is 0.364 e. The number of rotatable bonds is 5. The number of aryl methyl sites for hydroxylation is 1. The second-order valence-electron chi connectivity index (χ2n) is 8.96. The molecule has 3 aromatic rings. The number of carbonyl (C=O) groups excluding carboxylic acids is 1. The molecule has 4 heterocycles. The first-order valence-corrected chi connectivity index (χ1v) is 11.8. The van der Waals surface area contributed by atoms with E-state index < -0.39 is 0 Å². The minimum atomic E-state index is -0.165. The number of hydrogen-bond donors (Lipinski definition) is 2. The van der Waals surface area contributed by atoms with Crippen LogP contribution in [0.15, 0.2) is 41.5 Å². The molecule has 0 bridgehead atoms. The Morgan fingerprint density at radius 3 is 2.76 bits per heavy atom. The molecule has 172 valence electrons. The van der Waals surface area contributed by atoms with Gasteiger partial charge in [-0.1, -0.05) is 6.92 Å². The van der Waals surface area contributed by atoms with Crippen LogP contribution >= 0.6 is 0 Å². The van der Waals surface area contributed by atoms with Gasteiger partial charge < -0.3 is 15.2 Å². The Morgan fingerprint density at radius 1 is 1.15 bits per heavy atom. The molecule has 8 nitrogen and oxygen atoms in total. The molecule has 3 aromatic heterocycles. The fourth-order valence-corrected chi connectivity index (χ4v) is 5.36. The van der Waals surface area contributed by atoms with Crippen molar-refractivity contribution >= 4 is 22.6 Å². The van der Waals surface area contributed by atoms with Crippen molar-refractivity contribution in [3.63, 3.8) is 0 Å². The first-order chi connectivity index (χ1) is 16.1. The predicted molar refractivity (Wildman–Crippen MR) is 129 cm³/mol. The number of fused-ring (bicyclic) bond motifs is 2. The molecule has 1 saturated carbocycles. The number of nitrogens with one attached hydrogen (secondary N) is 2. The molecule has 1 amide bonds. The van der Waals surface area contributed by atoms with E-state index in [4.69, 9.17) is 0 Å². The number of anilines is 1. The zero-order valence-electron chi connectivity index (χ0n) is 19.2. The Hall–Kier alpha value is -3.26. The van der Waals surface area contributed by atoms with Crippen molar-refractivity contribution in [3.05, 3.63) is 63.8 Å². The molecule has 2 fully saturated rings. The van der Waals surface area contributed by atoms with E-state index in [0.29, 0.717) is 24.2 Å². The lowest BCUT2D eigenvalue weighted by molar-refractivity contribution is 0.0958. The molecule has 2 N–H and O–H groups in total. The number of H-pyrrole nitrogens is 1. The third kappa shape index (κ3) is 4.11. The highest BCUT2D eigenvalue weighted by molar-refractivity contribution is 5.92. The minimum Gasteiger partial charge on any atom is -0.364 e. The summed E-state index contributed by atoms with van der Waals surface area (Å²) in [6.07, 6.45) is 7.99. The van der Waals surface area contributed by atoms with Gasteiger partial charge in [0.25, 0.3) is 11.5 Å². The quantitative estimate of drug-likeness (QED) is 0.625. The maximum atomic E-state index is 12.2. The summed E-state index contributed by atoms with van der Waals surface area (Å²) in [5, 5.41) is 2.62. The van der Waals surface area contributed by atoms with Crippen LogP contribution in [0.25, 0.3) is 11.0 Å². The minimum absolute atomic E-state index is 0.0236. The van der Waals surface area contributed by atoms with E-state index in [1.165, 1.54) is 12.8 Å². The molecule has 8 heteroatoms. The first-order valence-electron chi connectivity index (χ1n) is 11.8. The molecule has 33 heavy (non-hydrogen) atoms. The summed E-state index contributed by atoms with van der Waals surface area (Å²) in [5.74, 6) is -0.165. The number of hydrogen-bond acceptors (Lipinski definition) is 6. The van der Waals surface area contributed by atoms with Crippen LogP contribution < -0.4 is 15.8 Å². The van der Waals surface area contributed by atoms with E-state index in [2.05, 4.69) is 36.1 Å². The van der Waals surface area contributed by atoms with E-state index in [-0.39, 0.29) is 11.5 Å². The van der Waals surface area contributed by atoms with Crippen molar-refractivity contribution in [1.29, 1.82) is 0 Å². The molecule has 0 spiro atoms. The smallest absolute Gasteiger partial charge is 0.269 e. The SMILES string of the molecule is CCc1cc2ncc(CN3CCN(c4ccc(C(=O)NC)nc4)[C@H]4CCC[C@H]43)cc2[nH]c1=O. The fraction of sp³-hybridized carbons (Fsp3) is 0.440. The van der Waals surface area contributed by atoms with Gasteiger partial charge in [0.1, 0.15) is 5.69 Å². The molecule has 0 aromatic carbocycles. The van der Waals surface area contributed by atoms with Crippen LogP contribution in [0, 0.1) is 0 Å². The van der Waals surface area contributed by atoms with E-state index >= 15 is 0 Å². The van der Waals surface area contributed by atoms with Crippen LogP contribution in [0.1, 0.15) is 47.8 Å². The van der Waals surface area contributed by atoms with Gasteiger partial charge in [-0.3, -0.25) is 19.5 Å². The molecule has 1 aliphatic carbocycles. The van der Waals surface area contributed by atoms with Crippen LogP contribution in [0.5, 0.6) is 0 Å². The van der Waals surface area contributed by atoms with Crippen molar-refractivity contribution < 1.29 is 4.79 Å². The average Bonchev–Trinajstić information content (AvgIpc) is 3.34. The third-order valence-corrected chi connectivity index (χ3v) is 7.07. The maximum absolute atomic E-state index is 12.2. The average molecular weight is 447 g/mol. The zero-order chi connectivity index (χ0) is 22.9. The van der Waals surface area contributed by atoms with Crippen molar-refractivity contribution in [2.45, 2.75) is 51.2 Å². The standard InChI is InChI=1S/C25H30N6O2/c1-3-17-12-20-21(29-24(17)32)11-16(13-27-20)15-30-9-10-31(23-6-4-5-22(23)30)18-7-8-19(28-14-18)25(33)26-2/h7-8,11-14,22-23H,3-6,9-10,15H2,1-2H3,(H,26,33)(H,29,32)/t22-,23+/m1/s1. The Bertz CT molecular complexity index is 1220. The van der Waals surface area contributed by atoms with Crippen LogP contribution in [-0.4, -0.2) is 58.0 Å². The second kappa shape index (κ2) is 8.94. The highest BCUT2D eigenvalue weighted by atomic mass is 16.1. The van der Waals surface area contributed by atoms with Gasteiger partial charge in [0, 0.05) is 50.5 Å². The van der Waals surface area contributed by atoms with Crippen LogP contribution in [0.4, 0.5) is 5.69 Å². The number of aromatic amines is 1. The van der Waals surface area contributed by atoms with Gasteiger partial charge in [-0.2, -0.15) is 0 Å². The number of carbonyl (C=O) groups is 1. The first kappa shape index (κ1) is 21.6. The summed E-state index contributed by atoms with van der Waals surface area (Å²) >= 11 is 0. The summed E-state index contributed by atoms with van der Waals surface area (Å²) in [6.45, 7) is 4.67. The fourth-order valence-electron chi connectivity index (χ4n) is 5.36. The monoisotopic (exact) mass is 446 g/mol. The molecule has 0 unspecified atom stereocenters. The van der Waals surface area contributed by atoms with Gasteiger partial charge in [-0.05, 0) is 55.5 Å². The van der Waals surface area contributed by atoms with Gasteiger partial charge in [0.15, 0.2) is 0 Å². The van der Waals surface area contributed by atoms with E-state index in [1.54, 1.807) is 13.1 Å². The number of amides is 1. The topological polar surface area (TPSA) is 94.2 Å².